The monoisotopic (exact) mass is 444 g/mol. The molecule has 1 saturated heterocycles. The minimum atomic E-state index is -0.544. The molecule has 0 bridgehead atoms. The summed E-state index contributed by atoms with van der Waals surface area (Å²) in [5, 5.41) is 7.30. The zero-order valence-corrected chi connectivity index (χ0v) is 17.7. The summed E-state index contributed by atoms with van der Waals surface area (Å²) in [6, 6.07) is 15.7. The van der Waals surface area contributed by atoms with Crippen LogP contribution in [0.4, 0.5) is 11.5 Å². The lowest BCUT2D eigenvalue weighted by Crippen LogP contribution is -2.28. The smallest absolute Gasteiger partial charge is 0.252 e. The maximum absolute atomic E-state index is 13.1. The number of aromatic nitrogens is 4. The van der Waals surface area contributed by atoms with E-state index in [0.717, 1.165) is 5.69 Å². The van der Waals surface area contributed by atoms with E-state index in [1.165, 1.54) is 17.0 Å². The first-order valence-electron chi connectivity index (χ1n) is 10.4. The minimum absolute atomic E-state index is 0.0967. The van der Waals surface area contributed by atoms with E-state index in [1.807, 2.05) is 30.3 Å². The van der Waals surface area contributed by atoms with Crippen molar-refractivity contribution in [1.29, 1.82) is 0 Å². The van der Waals surface area contributed by atoms with Crippen LogP contribution in [-0.4, -0.2) is 38.1 Å². The van der Waals surface area contributed by atoms with Crippen molar-refractivity contribution >= 4 is 23.3 Å². The van der Waals surface area contributed by atoms with Gasteiger partial charge in [-0.15, -0.1) is 0 Å². The van der Waals surface area contributed by atoms with Gasteiger partial charge in [0.05, 0.1) is 12.2 Å². The molecule has 2 amide bonds. The van der Waals surface area contributed by atoms with Crippen LogP contribution in [-0.2, 0) is 9.59 Å². The average Bonchev–Trinajstić information content (AvgIpc) is 3.53. The molecule has 1 atom stereocenters. The molecule has 2 N–H and O–H groups in total. The summed E-state index contributed by atoms with van der Waals surface area (Å²) in [5.74, 6) is -0.0461. The number of hydrogen-bond acceptors (Lipinski definition) is 6. The van der Waals surface area contributed by atoms with E-state index in [2.05, 4.69) is 20.4 Å². The van der Waals surface area contributed by atoms with Crippen molar-refractivity contribution in [3.8, 4) is 17.4 Å². The molecule has 10 heteroatoms. The molecule has 3 aromatic heterocycles. The molecule has 5 rings (SSSR count). The normalized spacial score (nSPS) is 15.7. The molecule has 0 saturated carbocycles. The topological polar surface area (TPSA) is 126 Å². The van der Waals surface area contributed by atoms with Crippen LogP contribution in [0.15, 0.2) is 70.1 Å². The first-order chi connectivity index (χ1) is 16.0. The van der Waals surface area contributed by atoms with Gasteiger partial charge in [0.25, 0.3) is 5.56 Å². The van der Waals surface area contributed by atoms with Gasteiger partial charge in [-0.1, -0.05) is 18.2 Å². The van der Waals surface area contributed by atoms with Crippen LogP contribution in [0.2, 0.25) is 0 Å². The van der Waals surface area contributed by atoms with Gasteiger partial charge in [0, 0.05) is 36.5 Å². The fourth-order valence-electron chi connectivity index (χ4n) is 3.81. The Morgan fingerprint density at radius 3 is 2.70 bits per heavy atom. The van der Waals surface area contributed by atoms with Crippen molar-refractivity contribution in [2.24, 2.45) is 5.92 Å². The fourth-order valence-corrected chi connectivity index (χ4v) is 3.81. The summed E-state index contributed by atoms with van der Waals surface area (Å²) in [6.45, 7) is 1.96. The van der Waals surface area contributed by atoms with Gasteiger partial charge in [0.2, 0.25) is 17.8 Å². The number of rotatable bonds is 5. The van der Waals surface area contributed by atoms with Crippen molar-refractivity contribution in [1.82, 2.24) is 19.7 Å². The molecule has 1 aromatic carbocycles. The first-order valence-corrected chi connectivity index (χ1v) is 10.4. The summed E-state index contributed by atoms with van der Waals surface area (Å²) in [5.41, 5.74) is 1.36. The molecule has 166 valence electrons. The van der Waals surface area contributed by atoms with E-state index in [9.17, 15) is 14.4 Å². The third kappa shape index (κ3) is 4.05. The largest absolute Gasteiger partial charge is 0.463 e. The van der Waals surface area contributed by atoms with Gasteiger partial charge >= 0.3 is 0 Å². The van der Waals surface area contributed by atoms with E-state index in [4.69, 9.17) is 4.42 Å². The maximum atomic E-state index is 13.1. The van der Waals surface area contributed by atoms with Gasteiger partial charge < -0.3 is 14.6 Å². The molecule has 1 fully saturated rings. The molecule has 1 aliphatic rings. The Bertz CT molecular complexity index is 1370. The summed E-state index contributed by atoms with van der Waals surface area (Å²) < 4.78 is 6.76. The van der Waals surface area contributed by atoms with Crippen LogP contribution in [0.5, 0.6) is 0 Å². The van der Waals surface area contributed by atoms with Crippen LogP contribution in [0.1, 0.15) is 12.1 Å². The van der Waals surface area contributed by atoms with Gasteiger partial charge in [0.1, 0.15) is 11.5 Å². The van der Waals surface area contributed by atoms with Crippen molar-refractivity contribution in [2.75, 3.05) is 16.8 Å². The number of carbonyl (C=O) groups is 2. The zero-order chi connectivity index (χ0) is 22.9. The highest BCUT2D eigenvalue weighted by molar-refractivity contribution is 6.03. The van der Waals surface area contributed by atoms with Gasteiger partial charge in [-0.3, -0.25) is 19.4 Å². The zero-order valence-electron chi connectivity index (χ0n) is 17.7. The number of aryl methyl sites for hydroxylation is 1. The molecular formula is C23H20N6O4. The van der Waals surface area contributed by atoms with Crippen LogP contribution in [0.25, 0.3) is 17.4 Å². The fraction of sp³-hybridized carbons (Fsp3) is 0.174. The van der Waals surface area contributed by atoms with Crippen molar-refractivity contribution in [2.45, 2.75) is 13.3 Å². The number of nitrogens with zero attached hydrogens (tertiary/aromatic N) is 4. The van der Waals surface area contributed by atoms with E-state index in [-0.39, 0.29) is 36.3 Å². The molecule has 0 unspecified atom stereocenters. The molecule has 0 spiro atoms. The van der Waals surface area contributed by atoms with Crippen LogP contribution in [0, 0.1) is 12.8 Å². The van der Waals surface area contributed by atoms with Gasteiger partial charge in [-0.05, 0) is 31.2 Å². The molecule has 4 heterocycles. The average molecular weight is 444 g/mol. The molecule has 10 nitrogen and oxygen atoms in total. The number of hydrogen-bond donors (Lipinski definition) is 2. The Labute approximate surface area is 187 Å². The molecule has 4 aromatic rings. The number of aromatic amines is 1. The number of H-pyrrole nitrogens is 1. The van der Waals surface area contributed by atoms with E-state index in [0.29, 0.717) is 23.0 Å². The molecule has 1 aliphatic heterocycles. The lowest BCUT2D eigenvalue weighted by Gasteiger charge is -2.16. The lowest BCUT2D eigenvalue weighted by atomic mass is 10.1. The SMILES string of the molecule is Cc1cc(=O)[nH]c(-n2nc(-c3ccco3)cc2NC(=O)[C@H]2CC(=O)N(c3ccccc3)C2)n1. The van der Waals surface area contributed by atoms with Crippen LogP contribution >= 0.6 is 0 Å². The van der Waals surface area contributed by atoms with E-state index in [1.54, 1.807) is 30.0 Å². The number of para-hydroxylation sites is 1. The predicted octanol–water partition coefficient (Wildman–Crippen LogP) is 2.52. The predicted molar refractivity (Wildman–Crippen MR) is 120 cm³/mol. The van der Waals surface area contributed by atoms with Crippen LogP contribution in [0.3, 0.4) is 0 Å². The standard InChI is InChI=1S/C23H20N6O4/c1-14-10-20(30)26-23(24-14)29-19(12-17(27-29)18-8-5-9-33-18)25-22(32)15-11-21(31)28(13-15)16-6-3-2-4-7-16/h2-10,12,15H,11,13H2,1H3,(H,25,32)(H,24,26,30)/t15-/m0/s1. The quantitative estimate of drug-likeness (QED) is 0.487. The number of benzene rings is 1. The Balaban J connectivity index is 1.44. The molecule has 0 radical (unpaired) electrons. The highest BCUT2D eigenvalue weighted by atomic mass is 16.3. The summed E-state index contributed by atoms with van der Waals surface area (Å²) >= 11 is 0. The molecular weight excluding hydrogens is 424 g/mol. The second-order valence-electron chi connectivity index (χ2n) is 7.74. The lowest BCUT2D eigenvalue weighted by molar-refractivity contribution is -0.122. The number of amides is 2. The first kappa shape index (κ1) is 20.4. The Hall–Kier alpha value is -4.47. The van der Waals surface area contributed by atoms with Crippen molar-refractivity contribution in [3.63, 3.8) is 0 Å². The third-order valence-electron chi connectivity index (χ3n) is 5.36. The highest BCUT2D eigenvalue weighted by Gasteiger charge is 2.35. The number of carbonyl (C=O) groups excluding carboxylic acids is 2. The van der Waals surface area contributed by atoms with Gasteiger partial charge in [0.15, 0.2) is 5.76 Å². The van der Waals surface area contributed by atoms with Crippen LogP contribution < -0.4 is 15.8 Å². The Morgan fingerprint density at radius 2 is 1.97 bits per heavy atom. The second kappa shape index (κ2) is 8.23. The van der Waals surface area contributed by atoms with Gasteiger partial charge in [-0.2, -0.15) is 9.78 Å². The highest BCUT2D eigenvalue weighted by Crippen LogP contribution is 2.28. The number of furan rings is 1. The Kier molecular flexibility index (Phi) is 5.09. The third-order valence-corrected chi connectivity index (χ3v) is 5.36. The Morgan fingerprint density at radius 1 is 1.15 bits per heavy atom. The van der Waals surface area contributed by atoms with E-state index < -0.39 is 5.92 Å². The van der Waals surface area contributed by atoms with E-state index >= 15 is 0 Å². The number of anilines is 2. The second-order valence-corrected chi connectivity index (χ2v) is 7.74. The minimum Gasteiger partial charge on any atom is -0.463 e. The summed E-state index contributed by atoms with van der Waals surface area (Å²) in [6.07, 6.45) is 1.61. The maximum Gasteiger partial charge on any atom is 0.252 e. The summed E-state index contributed by atoms with van der Waals surface area (Å²) in [4.78, 5) is 46.2. The molecule has 33 heavy (non-hydrogen) atoms. The summed E-state index contributed by atoms with van der Waals surface area (Å²) in [7, 11) is 0. The van der Waals surface area contributed by atoms with Crippen molar-refractivity contribution < 1.29 is 14.0 Å². The van der Waals surface area contributed by atoms with Crippen molar-refractivity contribution in [3.05, 3.63) is 76.9 Å². The molecule has 0 aliphatic carbocycles. The number of nitrogens with one attached hydrogen (secondary N) is 2. The van der Waals surface area contributed by atoms with Gasteiger partial charge in [-0.25, -0.2) is 4.98 Å².